The van der Waals surface area contributed by atoms with Crippen LogP contribution in [0.15, 0.2) is 32.5 Å². The Bertz CT molecular complexity index is 604. The van der Waals surface area contributed by atoms with Crippen molar-refractivity contribution in [2.75, 3.05) is 0 Å². The van der Waals surface area contributed by atoms with Crippen molar-refractivity contribution in [1.29, 1.82) is 0 Å². The van der Waals surface area contributed by atoms with E-state index in [2.05, 4.69) is 31.9 Å². The molecule has 3 rings (SSSR count). The lowest BCUT2D eigenvalue weighted by molar-refractivity contribution is 0.0673. The summed E-state index contributed by atoms with van der Waals surface area (Å²) >= 11 is 8.61. The molecule has 1 N–H and O–H groups in total. The van der Waals surface area contributed by atoms with Crippen LogP contribution in [-0.4, -0.2) is 5.11 Å². The lowest BCUT2D eigenvalue weighted by atomic mass is 9.97. The smallest absolute Gasteiger partial charge is 0.136 e. The topological polar surface area (TPSA) is 29.5 Å². The number of aliphatic hydroxyl groups is 1. The molecule has 2 atom stereocenters. The molecule has 1 aliphatic rings. The van der Waals surface area contributed by atoms with Crippen LogP contribution < -0.4 is 4.74 Å². The van der Waals surface area contributed by atoms with E-state index < -0.39 is 6.10 Å². The molecule has 0 saturated heterocycles. The van der Waals surface area contributed by atoms with Gasteiger partial charge in [-0.25, -0.2) is 0 Å². The predicted octanol–water partition coefficient (Wildman–Crippen LogP) is 5.14. The standard InChI is InChI=1S/C14H12Br2O2S/c1-7-2-3-11-8(4-7)10(17)6-12(18-11)13-5-9(15)14(16)19-13/h2-5,10,12,17H,6H2,1H3/t10-,12?/m1/s1. The van der Waals surface area contributed by atoms with Gasteiger partial charge in [-0.15, -0.1) is 11.3 Å². The van der Waals surface area contributed by atoms with E-state index in [-0.39, 0.29) is 6.10 Å². The molecule has 0 fully saturated rings. The Morgan fingerprint density at radius 3 is 2.79 bits per heavy atom. The fourth-order valence-corrected chi connectivity index (χ4v) is 4.40. The summed E-state index contributed by atoms with van der Waals surface area (Å²) < 4.78 is 8.10. The van der Waals surface area contributed by atoms with Gasteiger partial charge >= 0.3 is 0 Å². The van der Waals surface area contributed by atoms with Crippen molar-refractivity contribution >= 4 is 43.2 Å². The Morgan fingerprint density at radius 2 is 2.11 bits per heavy atom. The molecule has 0 aliphatic carbocycles. The summed E-state index contributed by atoms with van der Waals surface area (Å²) in [6.45, 7) is 2.02. The van der Waals surface area contributed by atoms with E-state index in [0.717, 1.165) is 30.0 Å². The van der Waals surface area contributed by atoms with Gasteiger partial charge in [0.2, 0.25) is 0 Å². The molecule has 5 heteroatoms. The van der Waals surface area contributed by atoms with Gasteiger partial charge in [-0.1, -0.05) is 11.6 Å². The van der Waals surface area contributed by atoms with Gasteiger partial charge in [0, 0.05) is 21.3 Å². The van der Waals surface area contributed by atoms with Crippen molar-refractivity contribution < 1.29 is 9.84 Å². The first-order valence-corrected chi connectivity index (χ1v) is 8.35. The highest BCUT2D eigenvalue weighted by molar-refractivity contribution is 9.13. The molecule has 0 saturated carbocycles. The predicted molar refractivity (Wildman–Crippen MR) is 83.8 cm³/mol. The summed E-state index contributed by atoms with van der Waals surface area (Å²) in [6, 6.07) is 7.99. The molecule has 100 valence electrons. The van der Waals surface area contributed by atoms with Crippen molar-refractivity contribution in [2.24, 2.45) is 0 Å². The van der Waals surface area contributed by atoms with Gasteiger partial charge in [-0.2, -0.15) is 0 Å². The molecule has 0 radical (unpaired) electrons. The highest BCUT2D eigenvalue weighted by Gasteiger charge is 2.29. The molecule has 0 spiro atoms. The minimum absolute atomic E-state index is 0.0854. The van der Waals surface area contributed by atoms with Gasteiger partial charge in [0.05, 0.1) is 9.89 Å². The van der Waals surface area contributed by atoms with Crippen molar-refractivity contribution in [3.8, 4) is 5.75 Å². The fraction of sp³-hybridized carbons (Fsp3) is 0.286. The first-order chi connectivity index (χ1) is 9.04. The van der Waals surface area contributed by atoms with Crippen LogP contribution in [0.5, 0.6) is 5.75 Å². The van der Waals surface area contributed by atoms with E-state index >= 15 is 0 Å². The SMILES string of the molecule is Cc1ccc2c(c1)[C@H](O)CC(c1cc(Br)c(Br)s1)O2. The van der Waals surface area contributed by atoms with E-state index in [0.29, 0.717) is 6.42 Å². The first kappa shape index (κ1) is 13.6. The van der Waals surface area contributed by atoms with Crippen LogP contribution in [0, 0.1) is 6.92 Å². The minimum Gasteiger partial charge on any atom is -0.484 e. The summed E-state index contributed by atoms with van der Waals surface area (Å²) in [6.07, 6.45) is 0.0432. The largest absolute Gasteiger partial charge is 0.484 e. The number of aliphatic hydroxyl groups excluding tert-OH is 1. The molecule has 1 unspecified atom stereocenters. The number of thiophene rings is 1. The summed E-state index contributed by atoms with van der Waals surface area (Å²) in [5, 5.41) is 10.3. The third kappa shape index (κ3) is 2.61. The Hall–Kier alpha value is -0.360. The maximum absolute atomic E-state index is 10.3. The second kappa shape index (κ2) is 5.20. The third-order valence-corrected chi connectivity index (χ3v) is 6.56. The zero-order chi connectivity index (χ0) is 13.6. The van der Waals surface area contributed by atoms with E-state index in [1.54, 1.807) is 11.3 Å². The van der Waals surface area contributed by atoms with Crippen molar-refractivity contribution in [1.82, 2.24) is 0 Å². The molecule has 0 bridgehead atoms. The van der Waals surface area contributed by atoms with Crippen molar-refractivity contribution in [3.05, 3.63) is 48.5 Å². The molecule has 2 heterocycles. The molecule has 0 amide bonds. The molecule has 2 nitrogen and oxygen atoms in total. The minimum atomic E-state index is -0.465. The summed E-state index contributed by atoms with van der Waals surface area (Å²) in [7, 11) is 0. The molecule has 19 heavy (non-hydrogen) atoms. The number of ether oxygens (including phenoxy) is 1. The zero-order valence-electron chi connectivity index (χ0n) is 10.2. The molecule has 1 aromatic heterocycles. The van der Waals surface area contributed by atoms with Crippen molar-refractivity contribution in [2.45, 2.75) is 25.6 Å². The highest BCUT2D eigenvalue weighted by Crippen LogP contribution is 2.45. The lowest BCUT2D eigenvalue weighted by Gasteiger charge is -2.29. The number of hydrogen-bond acceptors (Lipinski definition) is 3. The van der Waals surface area contributed by atoms with E-state index in [1.807, 2.05) is 31.2 Å². The Balaban J connectivity index is 1.94. The van der Waals surface area contributed by atoms with E-state index in [1.165, 1.54) is 0 Å². The molecule has 1 aromatic carbocycles. The average Bonchev–Trinajstić information content (AvgIpc) is 2.70. The molecular weight excluding hydrogens is 392 g/mol. The average molecular weight is 404 g/mol. The number of halogens is 2. The summed E-state index contributed by atoms with van der Waals surface area (Å²) in [4.78, 5) is 1.11. The molecular formula is C14H12Br2O2S. The zero-order valence-corrected chi connectivity index (χ0v) is 14.2. The van der Waals surface area contributed by atoms with Gasteiger partial charge in [0.25, 0.3) is 0 Å². The van der Waals surface area contributed by atoms with Crippen LogP contribution in [0.1, 0.15) is 34.6 Å². The lowest BCUT2D eigenvalue weighted by Crippen LogP contribution is -2.18. The fourth-order valence-electron chi connectivity index (χ4n) is 2.26. The van der Waals surface area contributed by atoms with E-state index in [9.17, 15) is 5.11 Å². The van der Waals surface area contributed by atoms with Gasteiger partial charge in [-0.3, -0.25) is 0 Å². The van der Waals surface area contributed by atoms with Crippen LogP contribution in [0.3, 0.4) is 0 Å². The van der Waals surface area contributed by atoms with Crippen molar-refractivity contribution in [3.63, 3.8) is 0 Å². The third-order valence-electron chi connectivity index (χ3n) is 3.21. The number of hydrogen-bond donors (Lipinski definition) is 1. The molecule has 1 aliphatic heterocycles. The summed E-state index contributed by atoms with van der Waals surface area (Å²) in [5.41, 5.74) is 2.03. The highest BCUT2D eigenvalue weighted by atomic mass is 79.9. The normalized spacial score (nSPS) is 21.9. The Morgan fingerprint density at radius 1 is 1.32 bits per heavy atom. The van der Waals surface area contributed by atoms with Crippen LogP contribution >= 0.6 is 43.2 Å². The monoisotopic (exact) mass is 402 g/mol. The van der Waals surface area contributed by atoms with Crippen LogP contribution in [0.25, 0.3) is 0 Å². The maximum atomic E-state index is 10.3. The van der Waals surface area contributed by atoms with Crippen LogP contribution in [0.2, 0.25) is 0 Å². The van der Waals surface area contributed by atoms with E-state index in [4.69, 9.17) is 4.74 Å². The first-order valence-electron chi connectivity index (χ1n) is 5.94. The van der Waals surface area contributed by atoms with Gasteiger partial charge in [0.15, 0.2) is 0 Å². The van der Waals surface area contributed by atoms with Gasteiger partial charge < -0.3 is 9.84 Å². The second-order valence-corrected chi connectivity index (χ2v) is 7.93. The number of fused-ring (bicyclic) bond motifs is 1. The van der Waals surface area contributed by atoms with Crippen LogP contribution in [-0.2, 0) is 0 Å². The van der Waals surface area contributed by atoms with Crippen LogP contribution in [0.4, 0.5) is 0 Å². The maximum Gasteiger partial charge on any atom is 0.136 e. The molecule has 2 aromatic rings. The Labute approximate surface area is 132 Å². The quantitative estimate of drug-likeness (QED) is 0.714. The number of rotatable bonds is 1. The Kier molecular flexibility index (Phi) is 3.73. The van der Waals surface area contributed by atoms with Gasteiger partial charge in [-0.05, 0) is 57.0 Å². The number of aryl methyl sites for hydroxylation is 1. The summed E-state index contributed by atoms with van der Waals surface area (Å²) in [5.74, 6) is 0.787. The second-order valence-electron chi connectivity index (χ2n) is 4.67. The number of benzene rings is 1. The van der Waals surface area contributed by atoms with Gasteiger partial charge in [0.1, 0.15) is 11.9 Å².